The standard InChI is InChI=1S/C15H18ClN3S/c1-10-12(8-17-3)11(2)19-15(18-10)9-20-14-7-5-4-6-13(14)16/h4-7,17H,8-9H2,1-3H3. The van der Waals surface area contributed by atoms with Gasteiger partial charge >= 0.3 is 0 Å². The van der Waals surface area contributed by atoms with Gasteiger partial charge in [0, 0.05) is 28.4 Å². The van der Waals surface area contributed by atoms with Crippen LogP contribution in [0.1, 0.15) is 22.8 Å². The molecular formula is C15H18ClN3S. The summed E-state index contributed by atoms with van der Waals surface area (Å²) in [7, 11) is 1.93. The highest BCUT2D eigenvalue weighted by atomic mass is 35.5. The minimum Gasteiger partial charge on any atom is -0.316 e. The summed E-state index contributed by atoms with van der Waals surface area (Å²) in [5.41, 5.74) is 3.27. The highest BCUT2D eigenvalue weighted by Crippen LogP contribution is 2.28. The van der Waals surface area contributed by atoms with Crippen molar-refractivity contribution in [3.05, 3.63) is 52.1 Å². The van der Waals surface area contributed by atoms with Gasteiger partial charge in [-0.05, 0) is 33.0 Å². The number of nitrogens with one attached hydrogen (secondary N) is 1. The van der Waals surface area contributed by atoms with Crippen molar-refractivity contribution in [2.45, 2.75) is 31.0 Å². The topological polar surface area (TPSA) is 37.8 Å². The van der Waals surface area contributed by atoms with Crippen LogP contribution in [0.2, 0.25) is 5.02 Å². The number of rotatable bonds is 5. The monoisotopic (exact) mass is 307 g/mol. The van der Waals surface area contributed by atoms with E-state index >= 15 is 0 Å². The van der Waals surface area contributed by atoms with Crippen LogP contribution in [-0.4, -0.2) is 17.0 Å². The van der Waals surface area contributed by atoms with E-state index in [0.29, 0.717) is 0 Å². The van der Waals surface area contributed by atoms with Crippen molar-refractivity contribution in [2.75, 3.05) is 7.05 Å². The van der Waals surface area contributed by atoms with E-state index in [4.69, 9.17) is 11.6 Å². The molecule has 1 heterocycles. The zero-order valence-corrected chi connectivity index (χ0v) is 13.5. The van der Waals surface area contributed by atoms with Gasteiger partial charge < -0.3 is 5.32 Å². The molecule has 1 aromatic heterocycles. The average molecular weight is 308 g/mol. The van der Waals surface area contributed by atoms with Gasteiger partial charge in [-0.3, -0.25) is 0 Å². The molecule has 106 valence electrons. The molecule has 0 saturated heterocycles. The third-order valence-corrected chi connectivity index (χ3v) is 4.53. The number of halogens is 1. The van der Waals surface area contributed by atoms with Crippen molar-refractivity contribution in [1.82, 2.24) is 15.3 Å². The molecule has 2 rings (SSSR count). The summed E-state index contributed by atoms with van der Waals surface area (Å²) in [5.74, 6) is 1.58. The highest BCUT2D eigenvalue weighted by molar-refractivity contribution is 7.98. The predicted octanol–water partition coefficient (Wildman–Crippen LogP) is 3.76. The molecule has 0 aliphatic rings. The molecule has 0 atom stereocenters. The lowest BCUT2D eigenvalue weighted by molar-refractivity contribution is 0.778. The third-order valence-electron chi connectivity index (χ3n) is 3.01. The summed E-state index contributed by atoms with van der Waals surface area (Å²) < 4.78 is 0. The molecule has 0 saturated carbocycles. The lowest BCUT2D eigenvalue weighted by atomic mass is 10.1. The second-order valence-electron chi connectivity index (χ2n) is 4.54. The minimum absolute atomic E-state index is 0.727. The van der Waals surface area contributed by atoms with Crippen LogP contribution in [0.25, 0.3) is 0 Å². The van der Waals surface area contributed by atoms with Gasteiger partial charge in [0.1, 0.15) is 5.82 Å². The van der Waals surface area contributed by atoms with Gasteiger partial charge in [-0.1, -0.05) is 23.7 Å². The fraction of sp³-hybridized carbons (Fsp3) is 0.333. The molecule has 20 heavy (non-hydrogen) atoms. The Morgan fingerprint density at radius 3 is 2.40 bits per heavy atom. The highest BCUT2D eigenvalue weighted by Gasteiger charge is 2.09. The summed E-state index contributed by atoms with van der Waals surface area (Å²) in [5, 5.41) is 3.92. The quantitative estimate of drug-likeness (QED) is 0.854. The summed E-state index contributed by atoms with van der Waals surface area (Å²) in [4.78, 5) is 10.2. The Bertz CT molecular complexity index is 578. The number of benzene rings is 1. The van der Waals surface area contributed by atoms with Crippen molar-refractivity contribution in [3.63, 3.8) is 0 Å². The Labute approximate surface area is 129 Å². The van der Waals surface area contributed by atoms with Crippen molar-refractivity contribution < 1.29 is 0 Å². The molecule has 0 radical (unpaired) electrons. The Kier molecular flexibility index (Phi) is 5.40. The normalized spacial score (nSPS) is 10.8. The maximum Gasteiger partial charge on any atom is 0.139 e. The molecule has 0 spiro atoms. The molecule has 0 aliphatic carbocycles. The first kappa shape index (κ1) is 15.3. The number of thioether (sulfide) groups is 1. The van der Waals surface area contributed by atoms with Crippen LogP contribution >= 0.6 is 23.4 Å². The van der Waals surface area contributed by atoms with Gasteiger partial charge in [0.2, 0.25) is 0 Å². The Hall–Kier alpha value is -1.10. The van der Waals surface area contributed by atoms with E-state index in [1.54, 1.807) is 11.8 Å². The molecule has 0 bridgehead atoms. The van der Waals surface area contributed by atoms with Crippen molar-refractivity contribution in [2.24, 2.45) is 0 Å². The molecule has 1 N–H and O–H groups in total. The average Bonchev–Trinajstić information content (AvgIpc) is 2.42. The smallest absolute Gasteiger partial charge is 0.139 e. The van der Waals surface area contributed by atoms with Crippen LogP contribution in [0.3, 0.4) is 0 Å². The fourth-order valence-corrected chi connectivity index (χ4v) is 3.10. The van der Waals surface area contributed by atoms with Gasteiger partial charge in [-0.2, -0.15) is 0 Å². The van der Waals surface area contributed by atoms with E-state index < -0.39 is 0 Å². The molecule has 2 aromatic rings. The first-order valence-corrected chi connectivity index (χ1v) is 7.83. The van der Waals surface area contributed by atoms with Crippen LogP contribution in [0.5, 0.6) is 0 Å². The molecule has 0 amide bonds. The van der Waals surface area contributed by atoms with Gasteiger partial charge in [0.15, 0.2) is 0 Å². The van der Waals surface area contributed by atoms with Crippen LogP contribution < -0.4 is 5.32 Å². The SMILES string of the molecule is CNCc1c(C)nc(CSc2ccccc2Cl)nc1C. The molecule has 0 aliphatic heterocycles. The second kappa shape index (κ2) is 7.07. The number of hydrogen-bond acceptors (Lipinski definition) is 4. The van der Waals surface area contributed by atoms with Crippen molar-refractivity contribution in [3.8, 4) is 0 Å². The molecule has 0 fully saturated rings. The summed E-state index contributed by atoms with van der Waals surface area (Å²) in [6.07, 6.45) is 0. The van der Waals surface area contributed by atoms with Gasteiger partial charge in [-0.25, -0.2) is 9.97 Å². The van der Waals surface area contributed by atoms with E-state index in [-0.39, 0.29) is 0 Å². The first-order valence-electron chi connectivity index (χ1n) is 6.46. The maximum absolute atomic E-state index is 6.15. The van der Waals surface area contributed by atoms with E-state index in [1.165, 1.54) is 5.56 Å². The Balaban J connectivity index is 2.13. The van der Waals surface area contributed by atoms with Crippen molar-refractivity contribution in [1.29, 1.82) is 0 Å². The maximum atomic E-state index is 6.15. The summed E-state index contributed by atoms with van der Waals surface area (Å²) in [6, 6.07) is 7.84. The zero-order valence-electron chi connectivity index (χ0n) is 11.9. The Morgan fingerprint density at radius 2 is 1.80 bits per heavy atom. The van der Waals surface area contributed by atoms with E-state index in [1.807, 2.05) is 45.2 Å². The Morgan fingerprint density at radius 1 is 1.15 bits per heavy atom. The van der Waals surface area contributed by atoms with Gasteiger partial charge in [-0.15, -0.1) is 11.8 Å². The van der Waals surface area contributed by atoms with Crippen molar-refractivity contribution >= 4 is 23.4 Å². The largest absolute Gasteiger partial charge is 0.316 e. The van der Waals surface area contributed by atoms with Gasteiger partial charge in [0.25, 0.3) is 0 Å². The lowest BCUT2D eigenvalue weighted by Gasteiger charge is -2.10. The number of nitrogens with zero attached hydrogens (tertiary/aromatic N) is 2. The predicted molar refractivity (Wildman–Crippen MR) is 85.3 cm³/mol. The lowest BCUT2D eigenvalue weighted by Crippen LogP contribution is -2.12. The molecular weight excluding hydrogens is 290 g/mol. The van der Waals surface area contributed by atoms with Crippen LogP contribution in [-0.2, 0) is 12.3 Å². The molecule has 3 nitrogen and oxygen atoms in total. The molecule has 1 aromatic carbocycles. The van der Waals surface area contributed by atoms with Crippen LogP contribution in [0.15, 0.2) is 29.2 Å². The van der Waals surface area contributed by atoms with E-state index in [0.717, 1.165) is 39.4 Å². The second-order valence-corrected chi connectivity index (χ2v) is 5.96. The third kappa shape index (κ3) is 3.72. The fourth-order valence-electron chi connectivity index (χ4n) is 2.01. The van der Waals surface area contributed by atoms with Crippen LogP contribution in [0, 0.1) is 13.8 Å². The number of aromatic nitrogens is 2. The van der Waals surface area contributed by atoms with Crippen LogP contribution in [0.4, 0.5) is 0 Å². The summed E-state index contributed by atoms with van der Waals surface area (Å²) >= 11 is 7.81. The number of hydrogen-bond donors (Lipinski definition) is 1. The van der Waals surface area contributed by atoms with E-state index in [2.05, 4.69) is 15.3 Å². The summed E-state index contributed by atoms with van der Waals surface area (Å²) in [6.45, 7) is 4.87. The number of aryl methyl sites for hydroxylation is 2. The molecule has 0 unspecified atom stereocenters. The molecule has 5 heteroatoms. The first-order chi connectivity index (χ1) is 9.61. The van der Waals surface area contributed by atoms with E-state index in [9.17, 15) is 0 Å². The zero-order chi connectivity index (χ0) is 14.5. The van der Waals surface area contributed by atoms with Gasteiger partial charge in [0.05, 0.1) is 10.8 Å². The minimum atomic E-state index is 0.727.